The first-order chi connectivity index (χ1) is 14.3. The average molecular weight is 407 g/mol. The van der Waals surface area contributed by atoms with Crippen molar-refractivity contribution in [1.82, 2.24) is 10.3 Å². The monoisotopic (exact) mass is 406 g/mol. The van der Waals surface area contributed by atoms with Crippen LogP contribution in [0.15, 0.2) is 78.3 Å². The molecule has 2 atom stereocenters. The van der Waals surface area contributed by atoms with E-state index in [4.69, 9.17) is 4.74 Å². The van der Waals surface area contributed by atoms with Crippen molar-refractivity contribution in [2.45, 2.75) is 18.6 Å². The van der Waals surface area contributed by atoms with Gasteiger partial charge in [-0.3, -0.25) is 0 Å². The molecule has 0 bridgehead atoms. The van der Waals surface area contributed by atoms with Crippen LogP contribution in [0.4, 0.5) is 0 Å². The van der Waals surface area contributed by atoms with Crippen LogP contribution in [0.5, 0.6) is 0 Å². The number of thiophene rings is 1. The molecule has 3 N–H and O–H groups in total. The molecule has 4 nitrogen and oxygen atoms in total. The first-order valence-corrected chi connectivity index (χ1v) is 10.8. The van der Waals surface area contributed by atoms with Gasteiger partial charge in [0.25, 0.3) is 0 Å². The largest absolute Gasteiger partial charge is 0.389 e. The van der Waals surface area contributed by atoms with E-state index in [1.165, 1.54) is 21.4 Å². The standard InChI is InChI=1S/C24H26N2O2S/c27-19(16-28-17-20-9-6-12-29-20)13-25-14-22(18-7-2-1-3-8-18)23-15-26-24-11-5-4-10-21(23)24/h1-12,15,19,22,25-27H,13-14,16-17H2/t19-,22-/m0/s1. The molecule has 0 fully saturated rings. The van der Waals surface area contributed by atoms with Crippen LogP contribution in [-0.4, -0.2) is 35.9 Å². The van der Waals surface area contributed by atoms with Gasteiger partial charge >= 0.3 is 0 Å². The third-order valence-corrected chi connectivity index (χ3v) is 5.91. The number of aromatic amines is 1. The molecule has 0 aliphatic heterocycles. The molecule has 4 rings (SSSR count). The van der Waals surface area contributed by atoms with Crippen LogP contribution < -0.4 is 5.32 Å². The lowest BCUT2D eigenvalue weighted by Crippen LogP contribution is -2.33. The lowest BCUT2D eigenvalue weighted by Gasteiger charge is -2.19. The number of rotatable bonds is 10. The molecule has 150 valence electrons. The van der Waals surface area contributed by atoms with Gasteiger partial charge in [0, 0.05) is 41.0 Å². The molecule has 5 heteroatoms. The quantitative estimate of drug-likeness (QED) is 0.363. The van der Waals surface area contributed by atoms with Gasteiger partial charge in [-0.2, -0.15) is 0 Å². The van der Waals surface area contributed by atoms with E-state index in [2.05, 4.69) is 59.0 Å². The predicted octanol–water partition coefficient (Wildman–Crippen LogP) is 4.53. The van der Waals surface area contributed by atoms with Gasteiger partial charge in [0.2, 0.25) is 0 Å². The number of aliphatic hydroxyl groups excluding tert-OH is 1. The maximum atomic E-state index is 10.3. The third-order valence-electron chi connectivity index (χ3n) is 5.06. The minimum absolute atomic E-state index is 0.201. The molecule has 0 amide bonds. The highest BCUT2D eigenvalue weighted by atomic mass is 32.1. The maximum absolute atomic E-state index is 10.3. The van der Waals surface area contributed by atoms with Crippen molar-refractivity contribution < 1.29 is 9.84 Å². The number of para-hydroxylation sites is 1. The van der Waals surface area contributed by atoms with Crippen LogP contribution in [-0.2, 0) is 11.3 Å². The second kappa shape index (κ2) is 9.85. The summed E-state index contributed by atoms with van der Waals surface area (Å²) < 4.78 is 5.63. The molecule has 0 aliphatic carbocycles. The Morgan fingerprint density at radius 3 is 2.62 bits per heavy atom. The zero-order chi connectivity index (χ0) is 19.9. The number of nitrogens with one attached hydrogen (secondary N) is 2. The van der Waals surface area contributed by atoms with Gasteiger partial charge in [0.15, 0.2) is 0 Å². The van der Waals surface area contributed by atoms with E-state index in [9.17, 15) is 5.11 Å². The summed E-state index contributed by atoms with van der Waals surface area (Å²) in [5.74, 6) is 0.201. The predicted molar refractivity (Wildman–Crippen MR) is 119 cm³/mol. The van der Waals surface area contributed by atoms with E-state index in [-0.39, 0.29) is 5.92 Å². The number of ether oxygens (including phenoxy) is 1. The molecule has 2 aromatic carbocycles. The van der Waals surface area contributed by atoms with E-state index in [1.807, 2.05) is 29.6 Å². The Balaban J connectivity index is 1.37. The van der Waals surface area contributed by atoms with Crippen molar-refractivity contribution in [2.24, 2.45) is 0 Å². The van der Waals surface area contributed by atoms with Gasteiger partial charge in [0.1, 0.15) is 0 Å². The molecule has 0 spiro atoms. The lowest BCUT2D eigenvalue weighted by molar-refractivity contribution is 0.0299. The number of aliphatic hydroxyl groups is 1. The van der Waals surface area contributed by atoms with Crippen molar-refractivity contribution in [1.29, 1.82) is 0 Å². The van der Waals surface area contributed by atoms with E-state index in [1.54, 1.807) is 11.3 Å². The highest BCUT2D eigenvalue weighted by Crippen LogP contribution is 2.30. The summed E-state index contributed by atoms with van der Waals surface area (Å²) >= 11 is 1.67. The molecule has 4 aromatic rings. The smallest absolute Gasteiger partial charge is 0.0897 e. The first kappa shape index (κ1) is 19.9. The second-order valence-corrected chi connectivity index (χ2v) is 8.19. The number of H-pyrrole nitrogens is 1. The van der Waals surface area contributed by atoms with Crippen molar-refractivity contribution in [3.05, 3.63) is 94.3 Å². The maximum Gasteiger partial charge on any atom is 0.0897 e. The fraction of sp³-hybridized carbons (Fsp3) is 0.250. The topological polar surface area (TPSA) is 57.3 Å². The fourth-order valence-corrected chi connectivity index (χ4v) is 4.26. The second-order valence-electron chi connectivity index (χ2n) is 7.16. The highest BCUT2D eigenvalue weighted by molar-refractivity contribution is 7.09. The normalized spacial score (nSPS) is 13.6. The third kappa shape index (κ3) is 5.14. The summed E-state index contributed by atoms with van der Waals surface area (Å²) in [7, 11) is 0. The van der Waals surface area contributed by atoms with Gasteiger partial charge in [0.05, 0.1) is 19.3 Å². The number of hydrogen-bond acceptors (Lipinski definition) is 4. The number of fused-ring (bicyclic) bond motifs is 1. The molecular weight excluding hydrogens is 380 g/mol. The van der Waals surface area contributed by atoms with Crippen molar-refractivity contribution in [3.63, 3.8) is 0 Å². The summed E-state index contributed by atoms with van der Waals surface area (Å²) in [4.78, 5) is 4.56. The van der Waals surface area contributed by atoms with Gasteiger partial charge < -0.3 is 20.1 Å². The lowest BCUT2D eigenvalue weighted by atomic mass is 9.91. The van der Waals surface area contributed by atoms with Crippen LogP contribution in [0.1, 0.15) is 21.9 Å². The zero-order valence-corrected chi connectivity index (χ0v) is 17.1. The Bertz CT molecular complexity index is 998. The summed E-state index contributed by atoms with van der Waals surface area (Å²) in [5.41, 5.74) is 3.67. The summed E-state index contributed by atoms with van der Waals surface area (Å²) in [6.45, 7) is 2.12. The van der Waals surface area contributed by atoms with E-state index < -0.39 is 6.10 Å². The van der Waals surface area contributed by atoms with Crippen molar-refractivity contribution in [2.75, 3.05) is 19.7 Å². The minimum atomic E-state index is -0.533. The molecule has 0 saturated heterocycles. The summed E-state index contributed by atoms with van der Waals surface area (Å²) in [6, 6.07) is 22.9. The average Bonchev–Trinajstić information content (AvgIpc) is 3.42. The van der Waals surface area contributed by atoms with Crippen LogP contribution in [0.2, 0.25) is 0 Å². The number of hydrogen-bond donors (Lipinski definition) is 3. The Morgan fingerprint density at radius 1 is 0.966 bits per heavy atom. The van der Waals surface area contributed by atoms with Crippen LogP contribution >= 0.6 is 11.3 Å². The number of aromatic nitrogens is 1. The Hall–Kier alpha value is -2.44. The van der Waals surface area contributed by atoms with Crippen LogP contribution in [0.3, 0.4) is 0 Å². The molecule has 0 radical (unpaired) electrons. The van der Waals surface area contributed by atoms with Crippen molar-refractivity contribution >= 4 is 22.2 Å². The van der Waals surface area contributed by atoms with E-state index in [0.29, 0.717) is 19.8 Å². The summed E-state index contributed by atoms with van der Waals surface area (Å²) in [6.07, 6.45) is 1.57. The Kier molecular flexibility index (Phi) is 6.75. The molecular formula is C24H26N2O2S. The van der Waals surface area contributed by atoms with Gasteiger partial charge in [-0.25, -0.2) is 0 Å². The molecule has 2 aromatic heterocycles. The van der Waals surface area contributed by atoms with Gasteiger partial charge in [-0.15, -0.1) is 11.3 Å². The van der Waals surface area contributed by atoms with Crippen molar-refractivity contribution in [3.8, 4) is 0 Å². The van der Waals surface area contributed by atoms with Crippen LogP contribution in [0.25, 0.3) is 10.9 Å². The fourth-order valence-electron chi connectivity index (χ4n) is 3.62. The first-order valence-electron chi connectivity index (χ1n) is 9.91. The highest BCUT2D eigenvalue weighted by Gasteiger charge is 2.18. The molecule has 0 saturated carbocycles. The van der Waals surface area contributed by atoms with E-state index >= 15 is 0 Å². The van der Waals surface area contributed by atoms with Gasteiger partial charge in [-0.1, -0.05) is 54.6 Å². The Morgan fingerprint density at radius 2 is 1.79 bits per heavy atom. The van der Waals surface area contributed by atoms with E-state index in [0.717, 1.165) is 12.1 Å². The molecule has 29 heavy (non-hydrogen) atoms. The van der Waals surface area contributed by atoms with Gasteiger partial charge in [-0.05, 0) is 28.6 Å². The minimum Gasteiger partial charge on any atom is -0.389 e. The molecule has 2 heterocycles. The number of benzene rings is 2. The SMILES string of the molecule is O[C@@H](CNC[C@@H](c1ccccc1)c1c[nH]c2ccccc12)COCc1cccs1. The van der Waals surface area contributed by atoms with Crippen LogP contribution in [0, 0.1) is 0 Å². The molecule has 0 unspecified atom stereocenters. The summed E-state index contributed by atoms with van der Waals surface area (Å²) in [5, 5.41) is 17.0. The Labute approximate surface area is 175 Å². The molecule has 0 aliphatic rings. The zero-order valence-electron chi connectivity index (χ0n) is 16.3.